The van der Waals surface area contributed by atoms with Crippen molar-refractivity contribution in [2.75, 3.05) is 26.7 Å². The number of carbonyl (C=O) groups excluding carboxylic acids is 3. The number of carbonyl (C=O) groups is 3. The van der Waals surface area contributed by atoms with Crippen LogP contribution in [0.25, 0.3) is 0 Å². The summed E-state index contributed by atoms with van der Waals surface area (Å²) >= 11 is 0. The van der Waals surface area contributed by atoms with Crippen LogP contribution in [0.2, 0.25) is 0 Å². The monoisotopic (exact) mass is 418 g/mol. The third-order valence-corrected chi connectivity index (χ3v) is 3.55. The van der Waals surface area contributed by atoms with Gasteiger partial charge in [0.25, 0.3) is 0 Å². The Morgan fingerprint density at radius 2 is 1.41 bits per heavy atom. The van der Waals surface area contributed by atoms with Crippen LogP contribution in [0.1, 0.15) is 88.5 Å². The lowest BCUT2D eigenvalue weighted by Crippen LogP contribution is -2.47. The van der Waals surface area contributed by atoms with E-state index in [1.165, 1.54) is 6.92 Å². The Kier molecular flexibility index (Phi) is 25.6. The summed E-state index contributed by atoms with van der Waals surface area (Å²) in [6.07, 6.45) is 1.42. The second-order valence-electron chi connectivity index (χ2n) is 7.39. The Morgan fingerprint density at radius 3 is 1.76 bits per heavy atom. The number of rotatable bonds is 10. The largest absolute Gasteiger partial charge is 0.359 e. The fourth-order valence-corrected chi connectivity index (χ4v) is 2.65. The molecule has 0 rings (SSSR count). The third-order valence-electron chi connectivity index (χ3n) is 3.55. The Bertz CT molecular complexity index is 422. The molecule has 0 saturated heterocycles. The zero-order valence-electron chi connectivity index (χ0n) is 21.0. The van der Waals surface area contributed by atoms with Gasteiger partial charge in [-0.25, -0.2) is 0 Å². The quantitative estimate of drug-likeness (QED) is 0.435. The molecule has 0 aliphatic carbocycles. The summed E-state index contributed by atoms with van der Waals surface area (Å²) in [4.78, 5) is 32.8. The first-order chi connectivity index (χ1) is 13.4. The number of nitrogens with two attached hydrogens (primary N) is 1. The summed E-state index contributed by atoms with van der Waals surface area (Å²) in [5.41, 5.74) is 4.84. The fourth-order valence-electron chi connectivity index (χ4n) is 2.65. The third kappa shape index (κ3) is 24.5. The Labute approximate surface area is 180 Å². The lowest BCUT2D eigenvalue weighted by Gasteiger charge is -2.34. The van der Waals surface area contributed by atoms with Crippen molar-refractivity contribution in [3.8, 4) is 0 Å². The highest BCUT2D eigenvalue weighted by Crippen LogP contribution is 2.27. The van der Waals surface area contributed by atoms with E-state index in [9.17, 15) is 14.4 Å². The van der Waals surface area contributed by atoms with Crippen molar-refractivity contribution < 1.29 is 14.4 Å². The van der Waals surface area contributed by atoms with Crippen LogP contribution in [0, 0.1) is 5.41 Å². The van der Waals surface area contributed by atoms with E-state index >= 15 is 0 Å². The van der Waals surface area contributed by atoms with E-state index in [0.29, 0.717) is 19.5 Å². The van der Waals surface area contributed by atoms with Gasteiger partial charge in [0, 0.05) is 43.9 Å². The molecule has 0 aliphatic rings. The Morgan fingerprint density at radius 1 is 0.931 bits per heavy atom. The minimum Gasteiger partial charge on any atom is -0.359 e. The fraction of sp³-hybridized carbons (Fsp3) is 0.864. The van der Waals surface area contributed by atoms with E-state index in [1.807, 2.05) is 41.5 Å². The Balaban J connectivity index is -0.000000187. The molecule has 0 aromatic heterocycles. The second kappa shape index (κ2) is 21.2. The number of ketones is 1. The van der Waals surface area contributed by atoms with Gasteiger partial charge in [0.2, 0.25) is 11.8 Å². The molecule has 2 amide bonds. The molecule has 7 heteroatoms. The molecular formula is C22H50N4O3. The molecule has 0 unspecified atom stereocenters. The molecular weight excluding hydrogens is 368 g/mol. The predicted octanol–water partition coefficient (Wildman–Crippen LogP) is 3.02. The molecule has 0 aromatic carbocycles. The van der Waals surface area contributed by atoms with Crippen molar-refractivity contribution in [1.29, 1.82) is 0 Å². The average Bonchev–Trinajstić information content (AvgIpc) is 2.66. The van der Waals surface area contributed by atoms with Crippen LogP contribution in [0.5, 0.6) is 0 Å². The predicted molar refractivity (Wildman–Crippen MR) is 125 cm³/mol. The molecule has 0 atom stereocenters. The second-order valence-corrected chi connectivity index (χ2v) is 7.39. The minimum atomic E-state index is -0.319. The molecule has 0 fully saturated rings. The molecule has 5 N–H and O–H groups in total. The van der Waals surface area contributed by atoms with Gasteiger partial charge >= 0.3 is 0 Å². The molecule has 0 radical (unpaired) electrons. The van der Waals surface area contributed by atoms with Crippen molar-refractivity contribution in [3.63, 3.8) is 0 Å². The summed E-state index contributed by atoms with van der Waals surface area (Å²) in [6.45, 7) is 21.6. The molecule has 0 spiro atoms. The average molecular weight is 419 g/mol. The zero-order chi connectivity index (χ0) is 24.1. The molecule has 176 valence electrons. The summed E-state index contributed by atoms with van der Waals surface area (Å²) < 4.78 is 0. The van der Waals surface area contributed by atoms with Crippen LogP contribution in [0.3, 0.4) is 0 Å². The van der Waals surface area contributed by atoms with Crippen LogP contribution in [-0.4, -0.2) is 49.8 Å². The van der Waals surface area contributed by atoms with Gasteiger partial charge in [-0.1, -0.05) is 48.5 Å². The van der Waals surface area contributed by atoms with Crippen molar-refractivity contribution in [3.05, 3.63) is 0 Å². The van der Waals surface area contributed by atoms with Crippen molar-refractivity contribution in [1.82, 2.24) is 16.0 Å². The van der Waals surface area contributed by atoms with Crippen LogP contribution in [0.4, 0.5) is 0 Å². The van der Waals surface area contributed by atoms with Crippen LogP contribution in [0.15, 0.2) is 0 Å². The zero-order valence-corrected chi connectivity index (χ0v) is 21.0. The number of amides is 2. The van der Waals surface area contributed by atoms with Crippen LogP contribution >= 0.6 is 0 Å². The maximum absolute atomic E-state index is 11.6. The molecule has 0 saturated carbocycles. The van der Waals surface area contributed by atoms with Crippen molar-refractivity contribution in [2.24, 2.45) is 11.1 Å². The van der Waals surface area contributed by atoms with Gasteiger partial charge in [0.1, 0.15) is 5.78 Å². The van der Waals surface area contributed by atoms with Gasteiger partial charge in [-0.05, 0) is 33.7 Å². The topological polar surface area (TPSA) is 113 Å². The maximum atomic E-state index is 11.6. The van der Waals surface area contributed by atoms with Crippen molar-refractivity contribution >= 4 is 17.6 Å². The number of hydrogen-bond acceptors (Lipinski definition) is 5. The van der Waals surface area contributed by atoms with E-state index in [0.717, 1.165) is 13.0 Å². The van der Waals surface area contributed by atoms with Crippen molar-refractivity contribution in [2.45, 2.75) is 94.0 Å². The van der Waals surface area contributed by atoms with Gasteiger partial charge in [-0.3, -0.25) is 9.59 Å². The van der Waals surface area contributed by atoms with E-state index in [4.69, 9.17) is 5.73 Å². The highest BCUT2D eigenvalue weighted by Gasteiger charge is 2.33. The molecule has 0 aromatic rings. The Hall–Kier alpha value is -1.47. The van der Waals surface area contributed by atoms with Gasteiger partial charge in [-0.2, -0.15) is 0 Å². The maximum Gasteiger partial charge on any atom is 0.225 e. The lowest BCUT2D eigenvalue weighted by atomic mass is 9.79. The summed E-state index contributed by atoms with van der Waals surface area (Å²) in [6, 6.07) is 0. The lowest BCUT2D eigenvalue weighted by molar-refractivity contribution is -0.130. The van der Waals surface area contributed by atoms with Gasteiger partial charge in [0.15, 0.2) is 0 Å². The minimum absolute atomic E-state index is 0.00472. The highest BCUT2D eigenvalue weighted by atomic mass is 16.2. The summed E-state index contributed by atoms with van der Waals surface area (Å²) in [5, 5.41) is 8.65. The number of Topliss-reactive ketones (excluding diaryl/α,β-unsaturated/α-hetero) is 1. The first-order valence-corrected chi connectivity index (χ1v) is 10.8. The first-order valence-electron chi connectivity index (χ1n) is 10.8. The smallest absolute Gasteiger partial charge is 0.225 e. The summed E-state index contributed by atoms with van der Waals surface area (Å²) in [5.74, 6) is 0.0297. The number of nitrogens with one attached hydrogen (secondary N) is 3. The summed E-state index contributed by atoms with van der Waals surface area (Å²) in [7, 11) is 1.68. The molecule has 0 heterocycles. The van der Waals surface area contributed by atoms with Gasteiger partial charge < -0.3 is 26.5 Å². The SMILES string of the molecule is CC.CC.CC(=O)CCC(=O)NCCN.CCNC(C)(C)CC(C)(C)C(=O)NC. The molecule has 0 aliphatic heterocycles. The highest BCUT2D eigenvalue weighted by molar-refractivity contribution is 5.83. The van der Waals surface area contributed by atoms with Crippen LogP contribution in [-0.2, 0) is 14.4 Å². The van der Waals surface area contributed by atoms with Gasteiger partial charge in [0.05, 0.1) is 0 Å². The van der Waals surface area contributed by atoms with E-state index in [-0.39, 0.29) is 35.0 Å². The van der Waals surface area contributed by atoms with E-state index in [1.54, 1.807) is 7.05 Å². The molecule has 29 heavy (non-hydrogen) atoms. The van der Waals surface area contributed by atoms with Gasteiger partial charge in [-0.15, -0.1) is 0 Å². The van der Waals surface area contributed by atoms with E-state index in [2.05, 4.69) is 36.7 Å². The van der Waals surface area contributed by atoms with E-state index < -0.39 is 0 Å². The molecule has 0 bridgehead atoms. The standard InChI is InChI=1S/C11H24N2O.C7H14N2O2.2C2H6/c1-7-13-11(4,5)8-10(2,3)9(14)12-6;1-6(10)2-3-7(11)9-5-4-8;2*1-2/h13H,7-8H2,1-6H3,(H,12,14);2-5,8H2,1H3,(H,9,11);2*1-2H3. The number of hydrogen-bond donors (Lipinski definition) is 4. The first kappa shape index (κ1) is 35.0. The molecule has 7 nitrogen and oxygen atoms in total. The van der Waals surface area contributed by atoms with Crippen LogP contribution < -0.4 is 21.7 Å². The normalized spacial score (nSPS) is 10.1.